The van der Waals surface area contributed by atoms with Crippen LogP contribution in [0.5, 0.6) is 5.75 Å². The van der Waals surface area contributed by atoms with Crippen molar-refractivity contribution in [3.63, 3.8) is 0 Å². The molecule has 0 heterocycles. The zero-order chi connectivity index (χ0) is 23.2. The second-order valence-corrected chi connectivity index (χ2v) is 9.51. The van der Waals surface area contributed by atoms with Crippen molar-refractivity contribution in [2.75, 3.05) is 31.2 Å². The summed E-state index contributed by atoms with van der Waals surface area (Å²) in [5.74, 6) is 0.103. The van der Waals surface area contributed by atoms with Gasteiger partial charge in [0.1, 0.15) is 12.3 Å². The summed E-state index contributed by atoms with van der Waals surface area (Å²) >= 11 is 0. The van der Waals surface area contributed by atoms with Crippen molar-refractivity contribution in [1.29, 1.82) is 0 Å². The molecule has 0 radical (unpaired) electrons. The fourth-order valence-corrected chi connectivity index (χ4v) is 3.63. The van der Waals surface area contributed by atoms with Crippen molar-refractivity contribution < 1.29 is 22.7 Å². The fraction of sp³-hybridized carbons (Fsp3) is 0.364. The number of hydrogen-bond donors (Lipinski definition) is 1. The van der Waals surface area contributed by atoms with Crippen molar-refractivity contribution in [2.24, 2.45) is 0 Å². The van der Waals surface area contributed by atoms with Gasteiger partial charge in [0.15, 0.2) is 0 Å². The number of nitrogens with one attached hydrogen (secondary N) is 1. The predicted octanol–water partition coefficient (Wildman–Crippen LogP) is 2.26. The van der Waals surface area contributed by atoms with E-state index in [9.17, 15) is 18.0 Å². The number of ether oxygens (including phenoxy) is 1. The van der Waals surface area contributed by atoms with Gasteiger partial charge in [-0.3, -0.25) is 13.9 Å². The smallest absolute Gasteiger partial charge is 0.253 e. The number of rotatable bonds is 9. The van der Waals surface area contributed by atoms with Crippen LogP contribution in [0.2, 0.25) is 0 Å². The molecule has 1 N–H and O–H groups in total. The second kappa shape index (κ2) is 10.3. The molecule has 0 atom stereocenters. The summed E-state index contributed by atoms with van der Waals surface area (Å²) < 4.78 is 31.1. The molecule has 0 spiro atoms. The van der Waals surface area contributed by atoms with Crippen LogP contribution in [0.4, 0.5) is 5.69 Å². The lowest BCUT2D eigenvalue weighted by molar-refractivity contribution is -0.119. The Labute approximate surface area is 183 Å². The Balaban J connectivity index is 2.04. The number of amides is 2. The van der Waals surface area contributed by atoms with Gasteiger partial charge < -0.3 is 15.0 Å². The first-order valence-electron chi connectivity index (χ1n) is 9.79. The van der Waals surface area contributed by atoms with Crippen LogP contribution in [0.25, 0.3) is 0 Å². The summed E-state index contributed by atoms with van der Waals surface area (Å²) in [5.41, 5.74) is 1.60. The van der Waals surface area contributed by atoms with Crippen molar-refractivity contribution >= 4 is 27.5 Å². The molecule has 2 aromatic carbocycles. The van der Waals surface area contributed by atoms with Gasteiger partial charge in [-0.05, 0) is 55.8 Å². The summed E-state index contributed by atoms with van der Waals surface area (Å²) in [7, 11) is -0.436. The number of carbonyl (C=O) groups excluding carboxylic acids is 2. The zero-order valence-corrected chi connectivity index (χ0v) is 19.3. The molecule has 0 fully saturated rings. The molecule has 0 saturated carbocycles. The van der Waals surface area contributed by atoms with E-state index >= 15 is 0 Å². The van der Waals surface area contributed by atoms with Gasteiger partial charge in [0.25, 0.3) is 5.91 Å². The maximum Gasteiger partial charge on any atom is 0.253 e. The highest BCUT2D eigenvalue weighted by Crippen LogP contribution is 2.19. The van der Waals surface area contributed by atoms with E-state index in [1.165, 1.54) is 29.2 Å². The topological polar surface area (TPSA) is 96.0 Å². The highest BCUT2D eigenvalue weighted by Gasteiger charge is 2.21. The quantitative estimate of drug-likeness (QED) is 0.636. The zero-order valence-electron chi connectivity index (χ0n) is 18.5. The second-order valence-electron chi connectivity index (χ2n) is 7.60. The lowest BCUT2D eigenvalue weighted by atomic mass is 10.2. The summed E-state index contributed by atoms with van der Waals surface area (Å²) in [6, 6.07) is 13.4. The SMILES string of the molecule is CC(C)Oc1ccc(CNC(=O)CN(c2ccc(C(=O)N(C)C)cc2)S(C)(=O)=O)cc1. The largest absolute Gasteiger partial charge is 0.491 e. The minimum absolute atomic E-state index is 0.0718. The molecule has 0 aromatic heterocycles. The van der Waals surface area contributed by atoms with Gasteiger partial charge in [0.2, 0.25) is 15.9 Å². The number of hydrogen-bond acceptors (Lipinski definition) is 5. The van der Waals surface area contributed by atoms with Gasteiger partial charge >= 0.3 is 0 Å². The lowest BCUT2D eigenvalue weighted by Gasteiger charge is -2.22. The number of sulfonamides is 1. The average molecular weight is 448 g/mol. The molecule has 0 aliphatic carbocycles. The van der Waals surface area contributed by atoms with E-state index in [0.717, 1.165) is 21.9 Å². The van der Waals surface area contributed by atoms with Crippen LogP contribution < -0.4 is 14.4 Å². The van der Waals surface area contributed by atoms with Crippen LogP contribution in [0.15, 0.2) is 48.5 Å². The Kier molecular flexibility index (Phi) is 8.04. The Morgan fingerprint density at radius 1 is 1.00 bits per heavy atom. The summed E-state index contributed by atoms with van der Waals surface area (Å²) in [6.45, 7) is 3.77. The molecule has 2 amide bonds. The third-order valence-electron chi connectivity index (χ3n) is 4.28. The van der Waals surface area contributed by atoms with E-state index < -0.39 is 15.9 Å². The third-order valence-corrected chi connectivity index (χ3v) is 5.42. The van der Waals surface area contributed by atoms with Crippen LogP contribution in [0.3, 0.4) is 0 Å². The van der Waals surface area contributed by atoms with Crippen molar-refractivity contribution in [1.82, 2.24) is 10.2 Å². The van der Waals surface area contributed by atoms with E-state index in [1.807, 2.05) is 38.1 Å². The van der Waals surface area contributed by atoms with Crippen molar-refractivity contribution in [3.8, 4) is 5.75 Å². The van der Waals surface area contributed by atoms with Gasteiger partial charge in [-0.2, -0.15) is 0 Å². The monoisotopic (exact) mass is 447 g/mol. The first kappa shape index (κ1) is 24.2. The van der Waals surface area contributed by atoms with Gasteiger partial charge in [-0.1, -0.05) is 12.1 Å². The van der Waals surface area contributed by atoms with Crippen LogP contribution in [0.1, 0.15) is 29.8 Å². The van der Waals surface area contributed by atoms with Crippen LogP contribution >= 0.6 is 0 Å². The average Bonchev–Trinajstić information content (AvgIpc) is 2.70. The molecule has 31 heavy (non-hydrogen) atoms. The summed E-state index contributed by atoms with van der Waals surface area (Å²) in [5, 5.41) is 2.73. The molecule has 2 rings (SSSR count). The number of carbonyl (C=O) groups is 2. The number of benzene rings is 2. The molecular weight excluding hydrogens is 418 g/mol. The minimum atomic E-state index is -3.70. The van der Waals surface area contributed by atoms with E-state index in [-0.39, 0.29) is 25.1 Å². The van der Waals surface area contributed by atoms with Gasteiger partial charge in [-0.15, -0.1) is 0 Å². The summed E-state index contributed by atoms with van der Waals surface area (Å²) in [4.78, 5) is 25.9. The molecular formula is C22H29N3O5S. The van der Waals surface area contributed by atoms with Gasteiger partial charge in [-0.25, -0.2) is 8.42 Å². The first-order valence-corrected chi connectivity index (χ1v) is 11.6. The lowest BCUT2D eigenvalue weighted by Crippen LogP contribution is -2.40. The minimum Gasteiger partial charge on any atom is -0.491 e. The first-order chi connectivity index (χ1) is 14.5. The Hall–Kier alpha value is -3.07. The number of nitrogens with zero attached hydrogens (tertiary/aromatic N) is 2. The Bertz CT molecular complexity index is 1000. The summed E-state index contributed by atoms with van der Waals surface area (Å²) in [6.07, 6.45) is 1.11. The predicted molar refractivity (Wildman–Crippen MR) is 121 cm³/mol. The van der Waals surface area contributed by atoms with Gasteiger partial charge in [0.05, 0.1) is 18.0 Å². The Morgan fingerprint density at radius 3 is 2.06 bits per heavy atom. The normalized spacial score (nSPS) is 11.2. The van der Waals surface area contributed by atoms with Crippen LogP contribution in [-0.2, 0) is 21.4 Å². The highest BCUT2D eigenvalue weighted by atomic mass is 32.2. The van der Waals surface area contributed by atoms with E-state index in [0.29, 0.717) is 11.3 Å². The van der Waals surface area contributed by atoms with E-state index in [2.05, 4.69) is 5.32 Å². The van der Waals surface area contributed by atoms with Crippen LogP contribution in [0, 0.1) is 0 Å². The molecule has 0 saturated heterocycles. The molecule has 2 aromatic rings. The Morgan fingerprint density at radius 2 is 1.58 bits per heavy atom. The van der Waals surface area contributed by atoms with Crippen LogP contribution in [-0.4, -0.2) is 58.1 Å². The maximum atomic E-state index is 12.4. The molecule has 0 aliphatic heterocycles. The molecule has 168 valence electrons. The number of anilines is 1. The standard InChI is InChI=1S/C22H29N3O5S/c1-16(2)30-20-12-6-17(7-13-20)14-23-21(26)15-25(31(5,28)29)19-10-8-18(9-11-19)22(27)24(3)4/h6-13,16H,14-15H2,1-5H3,(H,23,26). The molecule has 8 nitrogen and oxygen atoms in total. The third kappa shape index (κ3) is 7.29. The molecule has 9 heteroatoms. The molecule has 0 aliphatic rings. The van der Waals surface area contributed by atoms with Crippen molar-refractivity contribution in [2.45, 2.75) is 26.5 Å². The van der Waals surface area contributed by atoms with E-state index in [4.69, 9.17) is 4.74 Å². The molecule has 0 unspecified atom stereocenters. The van der Waals surface area contributed by atoms with E-state index in [1.54, 1.807) is 14.1 Å². The maximum absolute atomic E-state index is 12.4. The fourth-order valence-electron chi connectivity index (χ4n) is 2.77. The highest BCUT2D eigenvalue weighted by molar-refractivity contribution is 7.92. The molecule has 0 bridgehead atoms. The van der Waals surface area contributed by atoms with Crippen molar-refractivity contribution in [3.05, 3.63) is 59.7 Å². The van der Waals surface area contributed by atoms with Gasteiger partial charge in [0, 0.05) is 26.2 Å².